The Labute approximate surface area is 180 Å². The van der Waals surface area contributed by atoms with Crippen LogP contribution >= 0.6 is 0 Å². The summed E-state index contributed by atoms with van der Waals surface area (Å²) < 4.78 is 5.74. The van der Waals surface area contributed by atoms with E-state index >= 15 is 0 Å². The number of rotatable bonds is 11. The lowest BCUT2D eigenvalue weighted by molar-refractivity contribution is -0.140. The zero-order valence-electron chi connectivity index (χ0n) is 18.6. The summed E-state index contributed by atoms with van der Waals surface area (Å²) in [5.41, 5.74) is 3.34. The topological polar surface area (TPSA) is 58.6 Å². The van der Waals surface area contributed by atoms with Crippen molar-refractivity contribution in [2.75, 3.05) is 13.2 Å². The summed E-state index contributed by atoms with van der Waals surface area (Å²) in [6.07, 6.45) is 1.80. The summed E-state index contributed by atoms with van der Waals surface area (Å²) >= 11 is 0. The molecule has 0 radical (unpaired) electrons. The van der Waals surface area contributed by atoms with Crippen LogP contribution in [0.5, 0.6) is 5.75 Å². The molecule has 0 spiro atoms. The lowest BCUT2D eigenvalue weighted by Gasteiger charge is -2.29. The monoisotopic (exact) mass is 410 g/mol. The molecule has 0 aromatic heterocycles. The van der Waals surface area contributed by atoms with Crippen LogP contribution in [0.3, 0.4) is 0 Å². The van der Waals surface area contributed by atoms with Gasteiger partial charge in [-0.15, -0.1) is 0 Å². The molecule has 1 atom stereocenters. The number of hydrogen-bond donors (Lipinski definition) is 1. The highest BCUT2D eigenvalue weighted by Gasteiger charge is 2.25. The first kappa shape index (κ1) is 23.5. The molecule has 5 heteroatoms. The molecule has 0 unspecified atom stereocenters. The maximum Gasteiger partial charge on any atom is 0.242 e. The smallest absolute Gasteiger partial charge is 0.242 e. The van der Waals surface area contributed by atoms with Gasteiger partial charge in [0.25, 0.3) is 0 Å². The largest absolute Gasteiger partial charge is 0.494 e. The van der Waals surface area contributed by atoms with Crippen molar-refractivity contribution in [3.8, 4) is 5.75 Å². The molecule has 5 nitrogen and oxygen atoms in total. The van der Waals surface area contributed by atoms with Gasteiger partial charge < -0.3 is 15.0 Å². The van der Waals surface area contributed by atoms with Gasteiger partial charge in [0.1, 0.15) is 11.8 Å². The van der Waals surface area contributed by atoms with Gasteiger partial charge in [-0.1, -0.05) is 54.4 Å². The van der Waals surface area contributed by atoms with Crippen molar-refractivity contribution >= 4 is 11.8 Å². The van der Waals surface area contributed by atoms with Crippen LogP contribution in [0.4, 0.5) is 0 Å². The maximum atomic E-state index is 13.0. The van der Waals surface area contributed by atoms with Crippen molar-refractivity contribution in [3.05, 3.63) is 65.2 Å². The fourth-order valence-corrected chi connectivity index (χ4v) is 3.18. The second-order valence-corrected chi connectivity index (χ2v) is 7.74. The van der Waals surface area contributed by atoms with E-state index in [2.05, 4.69) is 11.4 Å². The number of nitrogens with zero attached hydrogens (tertiary/aromatic N) is 1. The quantitative estimate of drug-likeness (QED) is 0.559. The van der Waals surface area contributed by atoms with Crippen molar-refractivity contribution in [2.24, 2.45) is 0 Å². The Morgan fingerprint density at radius 3 is 2.47 bits per heavy atom. The first-order valence-corrected chi connectivity index (χ1v) is 10.7. The van der Waals surface area contributed by atoms with E-state index in [1.54, 1.807) is 11.8 Å². The molecular formula is C25H34N2O3. The number of amides is 2. The Hall–Kier alpha value is -2.82. The van der Waals surface area contributed by atoms with Crippen LogP contribution in [0.2, 0.25) is 0 Å². The Bertz CT molecular complexity index is 817. The average Bonchev–Trinajstić information content (AvgIpc) is 2.74. The van der Waals surface area contributed by atoms with Crippen molar-refractivity contribution in [1.29, 1.82) is 0 Å². The Kier molecular flexibility index (Phi) is 9.39. The SMILES string of the molecule is CCCNC(=O)[C@H](C)N(Cc1cccc(C)c1)C(=O)CCCOc1ccc(C)cc1. The highest BCUT2D eigenvalue weighted by atomic mass is 16.5. The van der Waals surface area contributed by atoms with Crippen LogP contribution in [-0.2, 0) is 16.1 Å². The first-order valence-electron chi connectivity index (χ1n) is 10.7. The third kappa shape index (κ3) is 7.54. The zero-order chi connectivity index (χ0) is 21.9. The van der Waals surface area contributed by atoms with Crippen molar-refractivity contribution in [3.63, 3.8) is 0 Å². The van der Waals surface area contributed by atoms with E-state index in [1.807, 2.05) is 63.2 Å². The Morgan fingerprint density at radius 2 is 1.80 bits per heavy atom. The third-order valence-corrected chi connectivity index (χ3v) is 4.98. The van der Waals surface area contributed by atoms with Crippen molar-refractivity contribution < 1.29 is 14.3 Å². The van der Waals surface area contributed by atoms with Crippen LogP contribution in [0, 0.1) is 13.8 Å². The van der Waals surface area contributed by atoms with Gasteiger partial charge in [0.05, 0.1) is 6.61 Å². The van der Waals surface area contributed by atoms with Crippen LogP contribution < -0.4 is 10.1 Å². The molecule has 0 fully saturated rings. The summed E-state index contributed by atoms with van der Waals surface area (Å²) in [7, 11) is 0. The molecule has 0 bridgehead atoms. The molecule has 2 amide bonds. The van der Waals surface area contributed by atoms with E-state index in [4.69, 9.17) is 4.74 Å². The first-order chi connectivity index (χ1) is 14.4. The second kappa shape index (κ2) is 12.0. The number of benzene rings is 2. The highest BCUT2D eigenvalue weighted by molar-refractivity contribution is 5.87. The lowest BCUT2D eigenvalue weighted by atomic mass is 10.1. The molecule has 1 N–H and O–H groups in total. The van der Waals surface area contributed by atoms with E-state index in [0.717, 1.165) is 23.3 Å². The van der Waals surface area contributed by atoms with Crippen molar-refractivity contribution in [2.45, 2.75) is 59.5 Å². The number of ether oxygens (including phenoxy) is 1. The van der Waals surface area contributed by atoms with Gasteiger partial charge in [0.2, 0.25) is 11.8 Å². The van der Waals surface area contributed by atoms with Gasteiger partial charge >= 0.3 is 0 Å². The third-order valence-electron chi connectivity index (χ3n) is 4.98. The molecule has 2 aromatic carbocycles. The highest BCUT2D eigenvalue weighted by Crippen LogP contribution is 2.15. The molecule has 0 aliphatic rings. The zero-order valence-corrected chi connectivity index (χ0v) is 18.6. The van der Waals surface area contributed by atoms with Crippen molar-refractivity contribution in [1.82, 2.24) is 10.2 Å². The van der Waals surface area contributed by atoms with Gasteiger partial charge in [-0.05, 0) is 51.3 Å². The minimum absolute atomic E-state index is 0.0387. The van der Waals surface area contributed by atoms with Crippen LogP contribution in [0.25, 0.3) is 0 Å². The summed E-state index contributed by atoms with van der Waals surface area (Å²) in [4.78, 5) is 27.2. The van der Waals surface area contributed by atoms with Gasteiger partial charge in [-0.25, -0.2) is 0 Å². The standard InChI is InChI=1S/C25H34N2O3/c1-5-15-26-25(29)21(4)27(18-22-9-6-8-20(3)17-22)24(28)10-7-16-30-23-13-11-19(2)12-14-23/h6,8-9,11-14,17,21H,5,7,10,15-16,18H2,1-4H3,(H,26,29)/t21-/m0/s1. The summed E-state index contributed by atoms with van der Waals surface area (Å²) in [6, 6.07) is 15.4. The molecule has 162 valence electrons. The molecule has 0 saturated carbocycles. The molecule has 0 aliphatic heterocycles. The van der Waals surface area contributed by atoms with Crippen LogP contribution in [0.1, 0.15) is 49.8 Å². The Balaban J connectivity index is 1.97. The lowest BCUT2D eigenvalue weighted by Crippen LogP contribution is -2.47. The summed E-state index contributed by atoms with van der Waals surface area (Å²) in [5.74, 6) is 0.647. The predicted octanol–water partition coefficient (Wildman–Crippen LogP) is 4.41. The normalized spacial score (nSPS) is 11.6. The van der Waals surface area contributed by atoms with E-state index < -0.39 is 6.04 Å². The fraction of sp³-hybridized carbons (Fsp3) is 0.440. The van der Waals surface area contributed by atoms with E-state index in [0.29, 0.717) is 32.5 Å². The number of aryl methyl sites for hydroxylation is 2. The van der Waals surface area contributed by atoms with E-state index in [1.165, 1.54) is 5.56 Å². The summed E-state index contributed by atoms with van der Waals surface area (Å²) in [5, 5.41) is 2.90. The predicted molar refractivity (Wildman–Crippen MR) is 120 cm³/mol. The maximum absolute atomic E-state index is 13.0. The molecule has 30 heavy (non-hydrogen) atoms. The fourth-order valence-electron chi connectivity index (χ4n) is 3.18. The molecule has 2 rings (SSSR count). The van der Waals surface area contributed by atoms with Crippen LogP contribution in [0.15, 0.2) is 48.5 Å². The number of carbonyl (C=O) groups excluding carboxylic acids is 2. The second-order valence-electron chi connectivity index (χ2n) is 7.74. The molecular weight excluding hydrogens is 376 g/mol. The Morgan fingerprint density at radius 1 is 1.07 bits per heavy atom. The number of nitrogens with one attached hydrogen (secondary N) is 1. The van der Waals surface area contributed by atoms with Gasteiger partial charge in [0.15, 0.2) is 0 Å². The van der Waals surface area contributed by atoms with Crippen LogP contribution in [-0.4, -0.2) is 35.9 Å². The van der Waals surface area contributed by atoms with Gasteiger partial charge in [-0.3, -0.25) is 9.59 Å². The minimum Gasteiger partial charge on any atom is -0.494 e. The van der Waals surface area contributed by atoms with E-state index in [9.17, 15) is 9.59 Å². The van der Waals surface area contributed by atoms with Gasteiger partial charge in [-0.2, -0.15) is 0 Å². The molecule has 2 aromatic rings. The van der Waals surface area contributed by atoms with Gasteiger partial charge in [0, 0.05) is 19.5 Å². The number of carbonyl (C=O) groups is 2. The average molecular weight is 411 g/mol. The number of hydrogen-bond acceptors (Lipinski definition) is 3. The minimum atomic E-state index is -0.525. The molecule has 0 heterocycles. The van der Waals surface area contributed by atoms with E-state index in [-0.39, 0.29) is 11.8 Å². The molecule has 0 saturated heterocycles. The molecule has 0 aliphatic carbocycles. The summed E-state index contributed by atoms with van der Waals surface area (Å²) in [6.45, 7) is 9.35.